The van der Waals surface area contributed by atoms with Crippen LogP contribution in [0, 0.1) is 5.41 Å². The molecule has 3 rings (SSSR count). The van der Waals surface area contributed by atoms with Crippen LogP contribution < -0.4 is 5.32 Å². The van der Waals surface area contributed by atoms with E-state index in [-0.39, 0.29) is 30.8 Å². The number of nitrogens with zero attached hydrogens (tertiary/aromatic N) is 1. The van der Waals surface area contributed by atoms with Gasteiger partial charge in [-0.1, -0.05) is 45.0 Å². The van der Waals surface area contributed by atoms with Gasteiger partial charge >= 0.3 is 0 Å². The maximum absolute atomic E-state index is 12.5. The Balaban J connectivity index is 1.77. The van der Waals surface area contributed by atoms with Gasteiger partial charge in [0.2, 0.25) is 5.91 Å². The average molecular weight is 324 g/mol. The highest BCUT2D eigenvalue weighted by Crippen LogP contribution is 2.27. The van der Waals surface area contributed by atoms with Crippen LogP contribution in [0.25, 0.3) is 10.8 Å². The number of amides is 3. The Morgan fingerprint density at radius 3 is 1.96 bits per heavy atom. The normalized spacial score (nSPS) is 14.2. The van der Waals surface area contributed by atoms with Crippen molar-refractivity contribution in [2.45, 2.75) is 20.8 Å². The van der Waals surface area contributed by atoms with Crippen LogP contribution in [0.3, 0.4) is 0 Å². The summed E-state index contributed by atoms with van der Waals surface area (Å²) in [5.74, 6) is -0.707. The molecule has 0 unspecified atom stereocenters. The summed E-state index contributed by atoms with van der Waals surface area (Å²) in [6.07, 6.45) is 0. The molecule has 124 valence electrons. The summed E-state index contributed by atoms with van der Waals surface area (Å²) in [6, 6.07) is 11.2. The number of benzene rings is 2. The minimum absolute atomic E-state index is 0.107. The number of carbonyl (C=O) groups excluding carboxylic acids is 3. The van der Waals surface area contributed by atoms with Gasteiger partial charge in [-0.15, -0.1) is 0 Å². The van der Waals surface area contributed by atoms with Crippen molar-refractivity contribution in [1.29, 1.82) is 0 Å². The first-order valence-corrected chi connectivity index (χ1v) is 7.96. The molecule has 24 heavy (non-hydrogen) atoms. The third-order valence-electron chi connectivity index (χ3n) is 4.14. The molecule has 0 aromatic heterocycles. The Morgan fingerprint density at radius 1 is 1.00 bits per heavy atom. The molecule has 0 aliphatic carbocycles. The predicted octanol–water partition coefficient (Wildman–Crippen LogP) is 2.60. The van der Waals surface area contributed by atoms with E-state index in [1.807, 2.05) is 45.0 Å². The first kappa shape index (κ1) is 16.2. The van der Waals surface area contributed by atoms with E-state index in [9.17, 15) is 14.4 Å². The van der Waals surface area contributed by atoms with Crippen molar-refractivity contribution in [3.8, 4) is 0 Å². The number of carbonyl (C=O) groups is 3. The van der Waals surface area contributed by atoms with Crippen LogP contribution in [0.2, 0.25) is 0 Å². The Hall–Kier alpha value is -2.69. The lowest BCUT2D eigenvalue weighted by Crippen LogP contribution is -2.41. The molecule has 0 atom stereocenters. The topological polar surface area (TPSA) is 66.5 Å². The summed E-state index contributed by atoms with van der Waals surface area (Å²) in [5.41, 5.74) is 0.362. The van der Waals surface area contributed by atoms with Gasteiger partial charge in [0.25, 0.3) is 11.8 Å². The van der Waals surface area contributed by atoms with Crippen molar-refractivity contribution in [3.63, 3.8) is 0 Å². The van der Waals surface area contributed by atoms with Gasteiger partial charge in [0, 0.05) is 18.5 Å². The molecule has 5 nitrogen and oxygen atoms in total. The average Bonchev–Trinajstić information content (AvgIpc) is 2.76. The molecule has 1 aliphatic rings. The van der Waals surface area contributed by atoms with Gasteiger partial charge in [0.05, 0.1) is 11.1 Å². The molecule has 1 N–H and O–H groups in total. The van der Waals surface area contributed by atoms with Crippen molar-refractivity contribution >= 4 is 28.5 Å². The van der Waals surface area contributed by atoms with Crippen molar-refractivity contribution < 1.29 is 14.4 Å². The van der Waals surface area contributed by atoms with E-state index in [0.717, 1.165) is 10.8 Å². The number of fused-ring (bicyclic) bond motifs is 2. The maximum Gasteiger partial charge on any atom is 0.261 e. The fraction of sp³-hybridized carbons (Fsp3) is 0.316. The van der Waals surface area contributed by atoms with Crippen LogP contribution in [0.5, 0.6) is 0 Å². The maximum atomic E-state index is 12.5. The summed E-state index contributed by atoms with van der Waals surface area (Å²) < 4.78 is 0. The van der Waals surface area contributed by atoms with E-state index in [1.165, 1.54) is 4.90 Å². The van der Waals surface area contributed by atoms with Gasteiger partial charge in [-0.3, -0.25) is 19.3 Å². The molecule has 0 fully saturated rings. The fourth-order valence-corrected chi connectivity index (χ4v) is 2.73. The number of rotatable bonds is 3. The summed E-state index contributed by atoms with van der Waals surface area (Å²) in [5, 5.41) is 4.63. The zero-order valence-corrected chi connectivity index (χ0v) is 14.1. The smallest absolute Gasteiger partial charge is 0.261 e. The lowest BCUT2D eigenvalue weighted by atomic mass is 9.96. The quantitative estimate of drug-likeness (QED) is 0.883. The van der Waals surface area contributed by atoms with Crippen LogP contribution in [-0.2, 0) is 4.79 Å². The largest absolute Gasteiger partial charge is 0.354 e. The summed E-state index contributed by atoms with van der Waals surface area (Å²) in [6.45, 7) is 5.87. The van der Waals surface area contributed by atoms with Crippen molar-refractivity contribution in [2.75, 3.05) is 13.1 Å². The molecule has 0 radical (unpaired) electrons. The number of hydrogen-bond donors (Lipinski definition) is 1. The number of hydrogen-bond acceptors (Lipinski definition) is 3. The molecule has 0 saturated carbocycles. The molecule has 5 heteroatoms. The molecule has 3 amide bonds. The Labute approximate surface area is 140 Å². The van der Waals surface area contributed by atoms with Gasteiger partial charge in [-0.05, 0) is 22.9 Å². The van der Waals surface area contributed by atoms with E-state index >= 15 is 0 Å². The molecule has 2 aromatic carbocycles. The zero-order chi connectivity index (χ0) is 17.5. The van der Waals surface area contributed by atoms with Gasteiger partial charge in [-0.2, -0.15) is 0 Å². The third kappa shape index (κ3) is 2.77. The van der Waals surface area contributed by atoms with E-state index < -0.39 is 5.41 Å². The standard InChI is InChI=1S/C19H20N2O3/c1-19(2,3)18(24)20-8-9-21-16(22)14-10-12-6-4-5-7-13(12)11-15(14)17(21)23/h4-7,10-11H,8-9H2,1-3H3,(H,20,24). The van der Waals surface area contributed by atoms with Gasteiger partial charge in [-0.25, -0.2) is 0 Å². The molecule has 1 aliphatic heterocycles. The first-order chi connectivity index (χ1) is 11.3. The van der Waals surface area contributed by atoms with Gasteiger partial charge < -0.3 is 5.32 Å². The van der Waals surface area contributed by atoms with E-state index in [1.54, 1.807) is 12.1 Å². The Bertz CT molecular complexity index is 795. The predicted molar refractivity (Wildman–Crippen MR) is 91.8 cm³/mol. The van der Waals surface area contributed by atoms with E-state index in [0.29, 0.717) is 11.1 Å². The van der Waals surface area contributed by atoms with Crippen LogP contribution in [0.4, 0.5) is 0 Å². The van der Waals surface area contributed by atoms with Crippen molar-refractivity contribution in [3.05, 3.63) is 47.5 Å². The molecule has 0 spiro atoms. The second kappa shape index (κ2) is 5.74. The zero-order valence-electron chi connectivity index (χ0n) is 14.1. The van der Waals surface area contributed by atoms with E-state index in [4.69, 9.17) is 0 Å². The third-order valence-corrected chi connectivity index (χ3v) is 4.14. The monoisotopic (exact) mass is 324 g/mol. The minimum Gasteiger partial charge on any atom is -0.354 e. The highest BCUT2D eigenvalue weighted by molar-refractivity contribution is 6.23. The number of imide groups is 1. The van der Waals surface area contributed by atoms with Crippen LogP contribution in [0.1, 0.15) is 41.5 Å². The van der Waals surface area contributed by atoms with Crippen molar-refractivity contribution in [2.24, 2.45) is 5.41 Å². The molecular formula is C19H20N2O3. The summed E-state index contributed by atoms with van der Waals surface area (Å²) in [4.78, 5) is 38.1. The molecule has 0 bridgehead atoms. The highest BCUT2D eigenvalue weighted by atomic mass is 16.2. The fourth-order valence-electron chi connectivity index (χ4n) is 2.73. The molecule has 1 heterocycles. The van der Waals surface area contributed by atoms with Gasteiger partial charge in [0.15, 0.2) is 0 Å². The van der Waals surface area contributed by atoms with E-state index in [2.05, 4.69) is 5.32 Å². The SMILES string of the molecule is CC(C)(C)C(=O)NCCN1C(=O)c2cc3ccccc3cc2C1=O. The second-order valence-electron chi connectivity index (χ2n) is 7.01. The van der Waals surface area contributed by atoms with Crippen LogP contribution in [0.15, 0.2) is 36.4 Å². The van der Waals surface area contributed by atoms with Crippen LogP contribution >= 0.6 is 0 Å². The van der Waals surface area contributed by atoms with Gasteiger partial charge in [0.1, 0.15) is 0 Å². The summed E-state index contributed by atoms with van der Waals surface area (Å²) >= 11 is 0. The molecular weight excluding hydrogens is 304 g/mol. The van der Waals surface area contributed by atoms with Crippen LogP contribution in [-0.4, -0.2) is 35.7 Å². The minimum atomic E-state index is -0.500. The number of nitrogens with one attached hydrogen (secondary N) is 1. The summed E-state index contributed by atoms with van der Waals surface area (Å²) in [7, 11) is 0. The lowest BCUT2D eigenvalue weighted by molar-refractivity contribution is -0.128. The first-order valence-electron chi connectivity index (χ1n) is 7.96. The Kier molecular flexibility index (Phi) is 3.87. The highest BCUT2D eigenvalue weighted by Gasteiger charge is 2.35. The Morgan fingerprint density at radius 2 is 1.50 bits per heavy atom. The lowest BCUT2D eigenvalue weighted by Gasteiger charge is -2.19. The second-order valence-corrected chi connectivity index (χ2v) is 7.01. The molecule has 2 aromatic rings. The van der Waals surface area contributed by atoms with Crippen molar-refractivity contribution in [1.82, 2.24) is 10.2 Å². The molecule has 0 saturated heterocycles.